The molecule has 0 aromatic heterocycles. The van der Waals surface area contributed by atoms with Crippen molar-refractivity contribution in [2.24, 2.45) is 0 Å². The minimum absolute atomic E-state index is 0.110. The fourth-order valence-electron chi connectivity index (χ4n) is 3.13. The standard InChI is InChI=1S/C24H26N2O4S/c1-16-11-17(2)13-21(12-16)26-31(28,29)23-9-7-22(8-10-23)30-15-24(27)25-20-6-5-18(3)19(4)14-20/h5-14,26H,15H2,1-4H3,(H,25,27). The lowest BCUT2D eigenvalue weighted by Gasteiger charge is -2.11. The Bertz CT molecular complexity index is 1180. The summed E-state index contributed by atoms with van der Waals surface area (Å²) in [6.45, 7) is 7.62. The van der Waals surface area contributed by atoms with E-state index in [0.29, 0.717) is 17.1 Å². The van der Waals surface area contributed by atoms with Gasteiger partial charge in [0, 0.05) is 11.4 Å². The molecule has 0 saturated carbocycles. The molecule has 0 saturated heterocycles. The second-order valence-electron chi connectivity index (χ2n) is 7.59. The van der Waals surface area contributed by atoms with Crippen molar-refractivity contribution < 1.29 is 17.9 Å². The molecule has 0 heterocycles. The van der Waals surface area contributed by atoms with Gasteiger partial charge in [0.25, 0.3) is 15.9 Å². The molecular weight excluding hydrogens is 412 g/mol. The highest BCUT2D eigenvalue weighted by Gasteiger charge is 2.15. The van der Waals surface area contributed by atoms with Gasteiger partial charge in [0.05, 0.1) is 4.90 Å². The Hall–Kier alpha value is -3.32. The first-order valence-electron chi connectivity index (χ1n) is 9.83. The number of rotatable bonds is 7. The molecule has 2 N–H and O–H groups in total. The minimum Gasteiger partial charge on any atom is -0.484 e. The molecule has 162 valence electrons. The molecule has 31 heavy (non-hydrogen) atoms. The van der Waals surface area contributed by atoms with E-state index in [0.717, 1.165) is 22.3 Å². The molecule has 0 unspecified atom stereocenters. The smallest absolute Gasteiger partial charge is 0.262 e. The van der Waals surface area contributed by atoms with E-state index < -0.39 is 10.0 Å². The fraction of sp³-hybridized carbons (Fsp3) is 0.208. The zero-order chi connectivity index (χ0) is 22.6. The number of benzene rings is 3. The number of carbonyl (C=O) groups excluding carboxylic acids is 1. The molecule has 0 aliphatic rings. The monoisotopic (exact) mass is 438 g/mol. The van der Waals surface area contributed by atoms with E-state index in [1.807, 2.05) is 52.0 Å². The lowest BCUT2D eigenvalue weighted by Crippen LogP contribution is -2.20. The Balaban J connectivity index is 1.60. The van der Waals surface area contributed by atoms with E-state index in [9.17, 15) is 13.2 Å². The summed E-state index contributed by atoms with van der Waals surface area (Å²) in [5, 5.41) is 2.78. The van der Waals surface area contributed by atoms with Crippen molar-refractivity contribution in [1.82, 2.24) is 0 Å². The highest BCUT2D eigenvalue weighted by molar-refractivity contribution is 7.92. The van der Waals surface area contributed by atoms with Crippen molar-refractivity contribution in [2.75, 3.05) is 16.6 Å². The van der Waals surface area contributed by atoms with Crippen molar-refractivity contribution in [3.05, 3.63) is 82.9 Å². The van der Waals surface area contributed by atoms with Gasteiger partial charge in [-0.15, -0.1) is 0 Å². The summed E-state index contributed by atoms with van der Waals surface area (Å²) in [7, 11) is -3.73. The number of hydrogen-bond acceptors (Lipinski definition) is 4. The Morgan fingerprint density at radius 2 is 1.45 bits per heavy atom. The quantitative estimate of drug-likeness (QED) is 0.558. The van der Waals surface area contributed by atoms with Crippen LogP contribution in [-0.2, 0) is 14.8 Å². The topological polar surface area (TPSA) is 84.5 Å². The molecule has 1 amide bonds. The van der Waals surface area contributed by atoms with Crippen LogP contribution in [0.15, 0.2) is 65.6 Å². The van der Waals surface area contributed by atoms with Crippen molar-refractivity contribution in [2.45, 2.75) is 32.6 Å². The SMILES string of the molecule is Cc1cc(C)cc(NS(=O)(=O)c2ccc(OCC(=O)Nc3ccc(C)c(C)c3)cc2)c1. The average Bonchev–Trinajstić information content (AvgIpc) is 2.68. The summed E-state index contributed by atoms with van der Waals surface area (Å²) >= 11 is 0. The number of sulfonamides is 1. The summed E-state index contributed by atoms with van der Waals surface area (Å²) in [5.41, 5.74) is 5.40. The average molecular weight is 439 g/mol. The maximum absolute atomic E-state index is 12.6. The molecule has 0 fully saturated rings. The first-order valence-corrected chi connectivity index (χ1v) is 11.3. The second-order valence-corrected chi connectivity index (χ2v) is 9.27. The van der Waals surface area contributed by atoms with Gasteiger partial charge in [0.15, 0.2) is 6.61 Å². The Kier molecular flexibility index (Phi) is 6.65. The molecule has 7 heteroatoms. The zero-order valence-electron chi connectivity index (χ0n) is 18.0. The van der Waals surface area contributed by atoms with Crippen molar-refractivity contribution in [1.29, 1.82) is 0 Å². The predicted octanol–water partition coefficient (Wildman–Crippen LogP) is 4.74. The van der Waals surface area contributed by atoms with Crippen LogP contribution in [0, 0.1) is 27.7 Å². The lowest BCUT2D eigenvalue weighted by atomic mass is 10.1. The predicted molar refractivity (Wildman–Crippen MR) is 123 cm³/mol. The molecule has 3 rings (SSSR count). The summed E-state index contributed by atoms with van der Waals surface area (Å²) < 4.78 is 33.4. The number of amides is 1. The van der Waals surface area contributed by atoms with E-state index >= 15 is 0 Å². The largest absolute Gasteiger partial charge is 0.484 e. The Morgan fingerprint density at radius 3 is 2.06 bits per heavy atom. The van der Waals surface area contributed by atoms with Gasteiger partial charge in [-0.3, -0.25) is 9.52 Å². The minimum atomic E-state index is -3.73. The number of aryl methyl sites for hydroxylation is 4. The molecule has 3 aromatic carbocycles. The van der Waals surface area contributed by atoms with Crippen molar-refractivity contribution in [3.8, 4) is 5.75 Å². The third-order valence-corrected chi connectivity index (χ3v) is 6.17. The molecular formula is C24H26N2O4S. The van der Waals surface area contributed by atoms with Crippen LogP contribution >= 0.6 is 0 Å². The van der Waals surface area contributed by atoms with Crippen LogP contribution in [0.1, 0.15) is 22.3 Å². The van der Waals surface area contributed by atoms with Crippen LogP contribution in [0.5, 0.6) is 5.75 Å². The highest BCUT2D eigenvalue weighted by atomic mass is 32.2. The molecule has 0 radical (unpaired) electrons. The lowest BCUT2D eigenvalue weighted by molar-refractivity contribution is -0.118. The summed E-state index contributed by atoms with van der Waals surface area (Å²) in [6.07, 6.45) is 0. The molecule has 0 aliphatic heterocycles. The van der Waals surface area contributed by atoms with Gasteiger partial charge in [-0.1, -0.05) is 12.1 Å². The van der Waals surface area contributed by atoms with E-state index in [2.05, 4.69) is 10.0 Å². The van der Waals surface area contributed by atoms with Crippen LogP contribution in [0.3, 0.4) is 0 Å². The van der Waals surface area contributed by atoms with E-state index in [4.69, 9.17) is 4.74 Å². The zero-order valence-corrected chi connectivity index (χ0v) is 18.8. The van der Waals surface area contributed by atoms with Gasteiger partial charge < -0.3 is 10.1 Å². The van der Waals surface area contributed by atoms with Crippen molar-refractivity contribution in [3.63, 3.8) is 0 Å². The Labute approximate surface area is 183 Å². The first-order chi connectivity index (χ1) is 14.6. The maximum atomic E-state index is 12.6. The Morgan fingerprint density at radius 1 is 0.806 bits per heavy atom. The number of ether oxygens (including phenoxy) is 1. The molecule has 0 spiro atoms. The molecule has 0 atom stereocenters. The van der Waals surface area contributed by atoms with Crippen LogP contribution in [-0.4, -0.2) is 20.9 Å². The van der Waals surface area contributed by atoms with Crippen LogP contribution in [0.25, 0.3) is 0 Å². The van der Waals surface area contributed by atoms with Gasteiger partial charge in [-0.25, -0.2) is 8.42 Å². The van der Waals surface area contributed by atoms with Gasteiger partial charge in [0.1, 0.15) is 5.75 Å². The van der Waals surface area contributed by atoms with E-state index in [1.54, 1.807) is 12.1 Å². The van der Waals surface area contributed by atoms with Crippen molar-refractivity contribution >= 4 is 27.3 Å². The molecule has 0 bridgehead atoms. The molecule has 3 aromatic rings. The summed E-state index contributed by atoms with van der Waals surface area (Å²) in [6, 6.07) is 17.1. The van der Waals surface area contributed by atoms with Gasteiger partial charge in [-0.2, -0.15) is 0 Å². The maximum Gasteiger partial charge on any atom is 0.262 e. The van der Waals surface area contributed by atoms with Crippen LogP contribution < -0.4 is 14.8 Å². The number of nitrogens with one attached hydrogen (secondary N) is 2. The van der Waals surface area contributed by atoms with E-state index in [-0.39, 0.29) is 17.4 Å². The van der Waals surface area contributed by atoms with Crippen LogP contribution in [0.2, 0.25) is 0 Å². The van der Waals surface area contributed by atoms with Crippen LogP contribution in [0.4, 0.5) is 11.4 Å². The normalized spacial score (nSPS) is 11.1. The van der Waals surface area contributed by atoms with Gasteiger partial charge >= 0.3 is 0 Å². The third-order valence-electron chi connectivity index (χ3n) is 4.77. The fourth-order valence-corrected chi connectivity index (χ4v) is 4.17. The summed E-state index contributed by atoms with van der Waals surface area (Å²) in [5.74, 6) is 0.108. The molecule has 6 nitrogen and oxygen atoms in total. The van der Waals surface area contributed by atoms with Gasteiger partial charge in [-0.05, 0) is 98.5 Å². The number of anilines is 2. The second kappa shape index (κ2) is 9.22. The number of hydrogen-bond donors (Lipinski definition) is 2. The van der Waals surface area contributed by atoms with E-state index in [1.165, 1.54) is 24.3 Å². The number of carbonyl (C=O) groups is 1. The van der Waals surface area contributed by atoms with Gasteiger partial charge in [0.2, 0.25) is 0 Å². The highest BCUT2D eigenvalue weighted by Crippen LogP contribution is 2.21. The first kappa shape index (κ1) is 22.4. The third kappa shape index (κ3) is 6.08. The summed E-state index contributed by atoms with van der Waals surface area (Å²) in [4.78, 5) is 12.2. The molecule has 0 aliphatic carbocycles.